The van der Waals surface area contributed by atoms with E-state index in [1.807, 2.05) is 6.07 Å². The number of benzene rings is 2. The van der Waals surface area contributed by atoms with E-state index in [1.54, 1.807) is 54.6 Å². The highest BCUT2D eigenvalue weighted by atomic mass is 16.5. The highest BCUT2D eigenvalue weighted by molar-refractivity contribution is 6.08. The smallest absolute Gasteiger partial charge is 0.348 e. The topological polar surface area (TPSA) is 64.6 Å². The molecule has 0 bridgehead atoms. The van der Waals surface area contributed by atoms with Gasteiger partial charge >= 0.3 is 11.9 Å². The van der Waals surface area contributed by atoms with Gasteiger partial charge in [-0.2, -0.15) is 0 Å². The Hall–Kier alpha value is -2.82. The maximum atomic E-state index is 12.5. The van der Waals surface area contributed by atoms with Crippen molar-refractivity contribution < 1.29 is 19.1 Å². The van der Waals surface area contributed by atoms with Crippen LogP contribution in [0.15, 0.2) is 60.7 Å². The molecule has 0 spiro atoms. The van der Waals surface area contributed by atoms with Crippen molar-refractivity contribution in [3.05, 3.63) is 66.2 Å². The Morgan fingerprint density at radius 2 is 1.27 bits per heavy atom. The first-order chi connectivity index (χ1) is 10.6. The summed E-state index contributed by atoms with van der Waals surface area (Å²) in [6.45, 7) is 0. The molecule has 0 amide bonds. The zero-order valence-electron chi connectivity index (χ0n) is 12.4. The average Bonchev–Trinajstić information content (AvgIpc) is 2.60. The molecular weight excluding hydrogens is 282 g/mol. The van der Waals surface area contributed by atoms with Crippen LogP contribution in [0.5, 0.6) is 0 Å². The van der Waals surface area contributed by atoms with Crippen LogP contribution in [0.2, 0.25) is 0 Å². The summed E-state index contributed by atoms with van der Waals surface area (Å²) in [4.78, 5) is 24.9. The fourth-order valence-corrected chi connectivity index (χ4v) is 2.23. The van der Waals surface area contributed by atoms with E-state index in [9.17, 15) is 9.59 Å². The summed E-state index contributed by atoms with van der Waals surface area (Å²) >= 11 is 0. The second-order valence-corrected chi connectivity index (χ2v) is 4.59. The number of hydrogen-bond donors (Lipinski definition) is 1. The van der Waals surface area contributed by atoms with Crippen molar-refractivity contribution in [3.8, 4) is 0 Å². The lowest BCUT2D eigenvalue weighted by molar-refractivity contribution is -0.160. The van der Waals surface area contributed by atoms with Crippen LogP contribution in [0.3, 0.4) is 0 Å². The minimum Gasteiger partial charge on any atom is -0.467 e. The van der Waals surface area contributed by atoms with Crippen molar-refractivity contribution in [3.63, 3.8) is 0 Å². The van der Waals surface area contributed by atoms with Crippen LogP contribution in [-0.2, 0) is 24.6 Å². The van der Waals surface area contributed by atoms with Gasteiger partial charge in [-0.15, -0.1) is 0 Å². The van der Waals surface area contributed by atoms with Gasteiger partial charge in [0, 0.05) is 11.3 Å². The van der Waals surface area contributed by atoms with Crippen molar-refractivity contribution in [2.75, 3.05) is 19.5 Å². The van der Waals surface area contributed by atoms with Crippen molar-refractivity contribution in [1.29, 1.82) is 0 Å². The van der Waals surface area contributed by atoms with Gasteiger partial charge in [0.15, 0.2) is 0 Å². The molecule has 0 saturated heterocycles. The maximum Gasteiger partial charge on any atom is 0.348 e. The number of esters is 2. The van der Waals surface area contributed by atoms with Gasteiger partial charge in [0.05, 0.1) is 14.2 Å². The van der Waals surface area contributed by atoms with Gasteiger partial charge in [-0.1, -0.05) is 48.5 Å². The summed E-state index contributed by atoms with van der Waals surface area (Å²) in [5.41, 5.74) is -0.716. The van der Waals surface area contributed by atoms with Crippen LogP contribution in [0.4, 0.5) is 5.69 Å². The van der Waals surface area contributed by atoms with Gasteiger partial charge < -0.3 is 14.8 Å². The number of para-hydroxylation sites is 1. The van der Waals surface area contributed by atoms with Crippen LogP contribution in [0.25, 0.3) is 0 Å². The Balaban J connectivity index is 2.60. The Bertz CT molecular complexity index is 624. The molecule has 0 heterocycles. The molecule has 2 rings (SSSR count). The lowest BCUT2D eigenvalue weighted by Crippen LogP contribution is -2.51. The van der Waals surface area contributed by atoms with E-state index < -0.39 is 17.5 Å². The number of ether oxygens (including phenoxy) is 2. The molecular formula is C17H17NO4. The molecule has 2 aromatic carbocycles. The number of rotatable bonds is 5. The molecule has 0 saturated carbocycles. The third-order valence-corrected chi connectivity index (χ3v) is 3.30. The molecule has 5 nitrogen and oxygen atoms in total. The number of nitrogens with one attached hydrogen (secondary N) is 1. The van der Waals surface area contributed by atoms with Crippen molar-refractivity contribution in [2.24, 2.45) is 0 Å². The fraction of sp³-hybridized carbons (Fsp3) is 0.176. The first kappa shape index (κ1) is 15.6. The summed E-state index contributed by atoms with van der Waals surface area (Å²) < 4.78 is 9.73. The SMILES string of the molecule is COC(=O)C(Nc1ccccc1)(C(=O)OC)c1ccccc1. The molecule has 22 heavy (non-hydrogen) atoms. The lowest BCUT2D eigenvalue weighted by atomic mass is 9.89. The lowest BCUT2D eigenvalue weighted by Gasteiger charge is -2.30. The van der Waals surface area contributed by atoms with E-state index in [0.29, 0.717) is 11.3 Å². The zero-order valence-corrected chi connectivity index (χ0v) is 12.4. The van der Waals surface area contributed by atoms with E-state index in [2.05, 4.69) is 5.32 Å². The third kappa shape index (κ3) is 2.79. The summed E-state index contributed by atoms with van der Waals surface area (Å²) in [5.74, 6) is -1.48. The molecule has 0 radical (unpaired) electrons. The number of carbonyl (C=O) groups excluding carboxylic acids is 2. The number of methoxy groups -OCH3 is 2. The number of anilines is 1. The molecule has 0 unspecified atom stereocenters. The summed E-state index contributed by atoms with van der Waals surface area (Å²) in [6.07, 6.45) is 0. The zero-order chi connectivity index (χ0) is 16.0. The predicted octanol–water partition coefficient (Wildman–Crippen LogP) is 2.34. The molecule has 0 aliphatic heterocycles. The van der Waals surface area contributed by atoms with Crippen molar-refractivity contribution in [2.45, 2.75) is 5.54 Å². The molecule has 5 heteroatoms. The Kier molecular flexibility index (Phi) is 4.78. The van der Waals surface area contributed by atoms with E-state index in [0.717, 1.165) is 0 Å². The number of hydrogen-bond acceptors (Lipinski definition) is 5. The molecule has 2 aromatic rings. The summed E-state index contributed by atoms with van der Waals surface area (Å²) in [7, 11) is 2.46. The monoisotopic (exact) mass is 299 g/mol. The van der Waals surface area contributed by atoms with Crippen LogP contribution in [0.1, 0.15) is 5.56 Å². The Labute approximate surface area is 128 Å². The van der Waals surface area contributed by atoms with Gasteiger partial charge in [-0.3, -0.25) is 0 Å². The van der Waals surface area contributed by atoms with Gasteiger partial charge in [-0.05, 0) is 12.1 Å². The minimum absolute atomic E-state index is 0.442. The van der Waals surface area contributed by atoms with Crippen LogP contribution < -0.4 is 5.32 Å². The van der Waals surface area contributed by atoms with Crippen molar-refractivity contribution in [1.82, 2.24) is 0 Å². The largest absolute Gasteiger partial charge is 0.467 e. The normalized spacial score (nSPS) is 10.6. The standard InChI is InChI=1S/C17H17NO4/c1-21-15(19)17(16(20)22-2,13-9-5-3-6-10-13)18-14-11-7-4-8-12-14/h3-12,18H,1-2H3. The first-order valence-electron chi connectivity index (χ1n) is 6.70. The third-order valence-electron chi connectivity index (χ3n) is 3.30. The predicted molar refractivity (Wildman–Crippen MR) is 82.2 cm³/mol. The molecule has 0 aromatic heterocycles. The summed E-state index contributed by atoms with van der Waals surface area (Å²) in [6, 6.07) is 17.6. The van der Waals surface area contributed by atoms with Gasteiger partial charge in [0.1, 0.15) is 0 Å². The van der Waals surface area contributed by atoms with Crippen LogP contribution in [0, 0.1) is 0 Å². The van der Waals surface area contributed by atoms with Gasteiger partial charge in [0.2, 0.25) is 0 Å². The van der Waals surface area contributed by atoms with Crippen LogP contribution in [-0.4, -0.2) is 26.2 Å². The minimum atomic E-state index is -1.76. The number of carbonyl (C=O) groups is 2. The summed E-state index contributed by atoms with van der Waals surface area (Å²) in [5, 5.41) is 2.96. The fourth-order valence-electron chi connectivity index (χ4n) is 2.23. The van der Waals surface area contributed by atoms with Gasteiger partial charge in [-0.25, -0.2) is 9.59 Å². The molecule has 0 aliphatic carbocycles. The van der Waals surface area contributed by atoms with Crippen molar-refractivity contribution >= 4 is 17.6 Å². The highest BCUT2D eigenvalue weighted by Crippen LogP contribution is 2.29. The van der Waals surface area contributed by atoms with E-state index >= 15 is 0 Å². The molecule has 0 fully saturated rings. The van der Waals surface area contributed by atoms with E-state index in [4.69, 9.17) is 9.47 Å². The maximum absolute atomic E-state index is 12.5. The Morgan fingerprint density at radius 1 is 0.818 bits per heavy atom. The Morgan fingerprint density at radius 3 is 1.73 bits per heavy atom. The highest BCUT2D eigenvalue weighted by Gasteiger charge is 2.50. The molecule has 0 atom stereocenters. The second kappa shape index (κ2) is 6.76. The average molecular weight is 299 g/mol. The van der Waals surface area contributed by atoms with Crippen LogP contribution >= 0.6 is 0 Å². The quantitative estimate of drug-likeness (QED) is 0.678. The van der Waals surface area contributed by atoms with E-state index in [1.165, 1.54) is 14.2 Å². The molecule has 1 N–H and O–H groups in total. The molecule has 114 valence electrons. The second-order valence-electron chi connectivity index (χ2n) is 4.59. The first-order valence-corrected chi connectivity index (χ1v) is 6.70. The molecule has 0 aliphatic rings. The van der Waals surface area contributed by atoms with Gasteiger partial charge in [0.25, 0.3) is 5.54 Å². The van der Waals surface area contributed by atoms with E-state index in [-0.39, 0.29) is 0 Å².